The molecule has 0 saturated carbocycles. The lowest BCUT2D eigenvalue weighted by atomic mass is 10.1. The number of hydrogen-bond acceptors (Lipinski definition) is 3. The molecule has 0 unspecified atom stereocenters. The molecule has 1 aromatic carbocycles. The van der Waals surface area contributed by atoms with Crippen molar-refractivity contribution in [3.8, 4) is 5.75 Å². The van der Waals surface area contributed by atoms with Crippen LogP contribution in [-0.4, -0.2) is 30.1 Å². The van der Waals surface area contributed by atoms with Crippen molar-refractivity contribution >= 4 is 11.9 Å². The molecule has 1 aromatic rings. The molecule has 0 spiro atoms. The Bertz CT molecular complexity index is 414. The fourth-order valence-electron chi connectivity index (χ4n) is 1.47. The number of ether oxygens (including phenoxy) is 1. The number of aryl methyl sites for hydroxylation is 1. The number of carboxylic acids is 1. The minimum atomic E-state index is -0.812. The van der Waals surface area contributed by atoms with Crippen LogP contribution in [0.5, 0.6) is 5.75 Å². The van der Waals surface area contributed by atoms with Crippen molar-refractivity contribution in [2.24, 2.45) is 0 Å². The summed E-state index contributed by atoms with van der Waals surface area (Å²) in [6.07, 6.45) is 1.50. The van der Waals surface area contributed by atoms with Gasteiger partial charge < -0.3 is 15.2 Å². The molecule has 0 aliphatic heterocycles. The number of amides is 1. The van der Waals surface area contributed by atoms with Crippen LogP contribution in [0.3, 0.4) is 0 Å². The molecule has 0 bridgehead atoms. The lowest BCUT2D eigenvalue weighted by molar-refractivity contribution is -0.137. The van der Waals surface area contributed by atoms with Crippen LogP contribution in [0.1, 0.15) is 25.3 Å². The van der Waals surface area contributed by atoms with Gasteiger partial charge in [-0.05, 0) is 30.5 Å². The molecule has 0 aliphatic carbocycles. The lowest BCUT2D eigenvalue weighted by Crippen LogP contribution is -2.29. The van der Waals surface area contributed by atoms with Crippen molar-refractivity contribution in [3.63, 3.8) is 0 Å². The van der Waals surface area contributed by atoms with E-state index in [-0.39, 0.29) is 18.9 Å². The fraction of sp³-hybridized carbons (Fsp3) is 0.429. The van der Waals surface area contributed by atoms with Gasteiger partial charge in [0.25, 0.3) is 5.91 Å². The van der Waals surface area contributed by atoms with Crippen LogP contribution in [0, 0.1) is 0 Å². The molecule has 0 saturated heterocycles. The summed E-state index contributed by atoms with van der Waals surface area (Å²) in [4.78, 5) is 21.8. The van der Waals surface area contributed by atoms with Gasteiger partial charge in [0.2, 0.25) is 0 Å². The first-order valence-corrected chi connectivity index (χ1v) is 6.32. The van der Waals surface area contributed by atoms with Crippen LogP contribution >= 0.6 is 0 Å². The number of carbonyl (C=O) groups is 2. The highest BCUT2D eigenvalue weighted by molar-refractivity contribution is 5.77. The van der Waals surface area contributed by atoms with Crippen LogP contribution in [0.2, 0.25) is 0 Å². The zero-order valence-electron chi connectivity index (χ0n) is 11.0. The second kappa shape index (κ2) is 8.13. The number of carbonyl (C=O) groups excluding carboxylic acids is 1. The number of hydrogen-bond donors (Lipinski definition) is 2. The number of carboxylic acid groups (broad SMARTS) is 1. The maximum atomic E-state index is 11.3. The smallest absolute Gasteiger partial charge is 0.303 e. The van der Waals surface area contributed by atoms with E-state index in [2.05, 4.69) is 5.32 Å². The van der Waals surface area contributed by atoms with E-state index in [0.29, 0.717) is 18.7 Å². The largest absolute Gasteiger partial charge is 0.484 e. The third-order valence-corrected chi connectivity index (χ3v) is 2.49. The fourth-order valence-corrected chi connectivity index (χ4v) is 1.47. The Morgan fingerprint density at radius 1 is 1.26 bits per heavy atom. The van der Waals surface area contributed by atoms with Crippen LogP contribution in [0.25, 0.3) is 0 Å². The number of benzene rings is 1. The van der Waals surface area contributed by atoms with Gasteiger partial charge in [0, 0.05) is 13.0 Å². The maximum Gasteiger partial charge on any atom is 0.303 e. The highest BCUT2D eigenvalue weighted by atomic mass is 16.5. The molecular weight excluding hydrogens is 246 g/mol. The standard InChI is InChI=1S/C14H19NO4/c1-2-9-15-13(16)10-19-12-6-3-11(4-7-12)5-8-14(17)18/h3-4,6-7H,2,5,8-10H2,1H3,(H,15,16)(H,17,18). The molecule has 0 radical (unpaired) electrons. The van der Waals surface area contributed by atoms with Gasteiger partial charge in [-0.25, -0.2) is 0 Å². The van der Waals surface area contributed by atoms with Crippen molar-refractivity contribution in [1.82, 2.24) is 5.32 Å². The molecule has 0 aromatic heterocycles. The van der Waals surface area contributed by atoms with E-state index < -0.39 is 5.97 Å². The van der Waals surface area contributed by atoms with Gasteiger partial charge in [0.05, 0.1) is 0 Å². The zero-order chi connectivity index (χ0) is 14.1. The third kappa shape index (κ3) is 6.45. The Kier molecular flexibility index (Phi) is 6.43. The minimum Gasteiger partial charge on any atom is -0.484 e. The lowest BCUT2D eigenvalue weighted by Gasteiger charge is -2.07. The van der Waals surface area contributed by atoms with Crippen molar-refractivity contribution in [1.29, 1.82) is 0 Å². The first-order chi connectivity index (χ1) is 9.11. The van der Waals surface area contributed by atoms with Crippen molar-refractivity contribution < 1.29 is 19.4 Å². The highest BCUT2D eigenvalue weighted by Gasteiger charge is 2.02. The molecule has 0 aliphatic rings. The summed E-state index contributed by atoms with van der Waals surface area (Å²) in [6, 6.07) is 7.10. The first-order valence-electron chi connectivity index (χ1n) is 6.32. The summed E-state index contributed by atoms with van der Waals surface area (Å²) in [5.74, 6) is -0.351. The quantitative estimate of drug-likeness (QED) is 0.748. The summed E-state index contributed by atoms with van der Waals surface area (Å²) in [7, 11) is 0. The number of rotatable bonds is 8. The van der Waals surface area contributed by atoms with Crippen LogP contribution in [-0.2, 0) is 16.0 Å². The average molecular weight is 265 g/mol. The van der Waals surface area contributed by atoms with E-state index in [0.717, 1.165) is 12.0 Å². The summed E-state index contributed by atoms with van der Waals surface area (Å²) >= 11 is 0. The van der Waals surface area contributed by atoms with E-state index in [9.17, 15) is 9.59 Å². The van der Waals surface area contributed by atoms with Gasteiger partial charge >= 0.3 is 5.97 Å². The molecular formula is C14H19NO4. The van der Waals surface area contributed by atoms with Crippen molar-refractivity contribution in [3.05, 3.63) is 29.8 Å². The van der Waals surface area contributed by atoms with Crippen LogP contribution < -0.4 is 10.1 Å². The van der Waals surface area contributed by atoms with Crippen molar-refractivity contribution in [2.75, 3.05) is 13.2 Å². The van der Waals surface area contributed by atoms with E-state index in [4.69, 9.17) is 9.84 Å². The van der Waals surface area contributed by atoms with Crippen LogP contribution in [0.4, 0.5) is 0 Å². The molecule has 104 valence electrons. The maximum absolute atomic E-state index is 11.3. The first kappa shape index (κ1) is 15.0. The van der Waals surface area contributed by atoms with Gasteiger partial charge in [-0.1, -0.05) is 19.1 Å². The molecule has 5 nitrogen and oxygen atoms in total. The van der Waals surface area contributed by atoms with Crippen LogP contribution in [0.15, 0.2) is 24.3 Å². The number of nitrogens with one attached hydrogen (secondary N) is 1. The van der Waals surface area contributed by atoms with E-state index in [1.807, 2.05) is 19.1 Å². The van der Waals surface area contributed by atoms with Crippen molar-refractivity contribution in [2.45, 2.75) is 26.2 Å². The van der Waals surface area contributed by atoms with E-state index >= 15 is 0 Å². The molecule has 2 N–H and O–H groups in total. The van der Waals surface area contributed by atoms with Gasteiger partial charge in [-0.15, -0.1) is 0 Å². The third-order valence-electron chi connectivity index (χ3n) is 2.49. The summed E-state index contributed by atoms with van der Waals surface area (Å²) in [6.45, 7) is 2.63. The molecule has 0 fully saturated rings. The van der Waals surface area contributed by atoms with E-state index in [1.54, 1.807) is 12.1 Å². The molecule has 0 atom stereocenters. The van der Waals surface area contributed by atoms with Gasteiger partial charge in [0.15, 0.2) is 6.61 Å². The SMILES string of the molecule is CCCNC(=O)COc1ccc(CCC(=O)O)cc1. The van der Waals surface area contributed by atoms with Gasteiger partial charge in [-0.2, -0.15) is 0 Å². The van der Waals surface area contributed by atoms with E-state index in [1.165, 1.54) is 0 Å². The monoisotopic (exact) mass is 265 g/mol. The Balaban J connectivity index is 2.35. The van der Waals surface area contributed by atoms with Gasteiger partial charge in [-0.3, -0.25) is 9.59 Å². The Morgan fingerprint density at radius 2 is 1.95 bits per heavy atom. The Morgan fingerprint density at radius 3 is 2.53 bits per heavy atom. The number of aliphatic carboxylic acids is 1. The topological polar surface area (TPSA) is 75.6 Å². The zero-order valence-corrected chi connectivity index (χ0v) is 11.0. The Labute approximate surface area is 112 Å². The Hall–Kier alpha value is -2.04. The minimum absolute atomic E-state index is 0.00548. The highest BCUT2D eigenvalue weighted by Crippen LogP contribution is 2.13. The molecule has 1 rings (SSSR count). The molecule has 1 amide bonds. The summed E-state index contributed by atoms with van der Waals surface area (Å²) in [5, 5.41) is 11.3. The molecule has 5 heteroatoms. The second-order valence-electron chi connectivity index (χ2n) is 4.18. The average Bonchev–Trinajstić information content (AvgIpc) is 2.41. The molecule has 19 heavy (non-hydrogen) atoms. The molecule has 0 heterocycles. The normalized spacial score (nSPS) is 9.95. The predicted molar refractivity (Wildman–Crippen MR) is 71.2 cm³/mol. The van der Waals surface area contributed by atoms with Gasteiger partial charge in [0.1, 0.15) is 5.75 Å². The second-order valence-corrected chi connectivity index (χ2v) is 4.18. The predicted octanol–water partition coefficient (Wildman–Crippen LogP) is 1.61. The summed E-state index contributed by atoms with van der Waals surface area (Å²) < 4.78 is 5.32. The summed E-state index contributed by atoms with van der Waals surface area (Å²) in [5.41, 5.74) is 0.935.